The van der Waals surface area contributed by atoms with Crippen LogP contribution in [-0.4, -0.2) is 25.0 Å². The Morgan fingerprint density at radius 1 is 1.17 bits per heavy atom. The minimum Gasteiger partial charge on any atom is -0.354 e. The lowest BCUT2D eigenvalue weighted by atomic mass is 10.1. The molecule has 3 N–H and O–H groups in total. The molecule has 1 rings (SSSR count). The maximum atomic E-state index is 11.9. The van der Waals surface area contributed by atoms with Gasteiger partial charge in [-0.3, -0.25) is 9.79 Å². The maximum absolute atomic E-state index is 11.9. The summed E-state index contributed by atoms with van der Waals surface area (Å²) in [6, 6.07) is 8.23. The summed E-state index contributed by atoms with van der Waals surface area (Å²) in [6.45, 7) is 11.2. The molecule has 1 aromatic rings. The monoisotopic (exact) mass is 332 g/mol. The second kappa shape index (κ2) is 9.96. The molecule has 0 aliphatic carbocycles. The fraction of sp³-hybridized carbons (Fsp3) is 0.579. The molecule has 0 heterocycles. The van der Waals surface area contributed by atoms with E-state index in [0.717, 1.165) is 17.2 Å². The van der Waals surface area contributed by atoms with Gasteiger partial charge in [0.1, 0.15) is 0 Å². The van der Waals surface area contributed by atoms with Gasteiger partial charge in [0.05, 0.1) is 0 Å². The third-order valence-corrected chi connectivity index (χ3v) is 3.85. The quantitative estimate of drug-likeness (QED) is 0.530. The zero-order valence-electron chi connectivity index (χ0n) is 15.8. The number of benzene rings is 1. The second-order valence-corrected chi connectivity index (χ2v) is 6.95. The molecular formula is C19H32N4O. The van der Waals surface area contributed by atoms with E-state index in [1.807, 2.05) is 38.1 Å². The van der Waals surface area contributed by atoms with Crippen molar-refractivity contribution in [3.63, 3.8) is 0 Å². The normalized spacial score (nSPS) is 13.1. The molecule has 0 radical (unpaired) electrons. The van der Waals surface area contributed by atoms with Gasteiger partial charge < -0.3 is 16.0 Å². The molecule has 0 aliphatic rings. The van der Waals surface area contributed by atoms with E-state index in [9.17, 15) is 4.79 Å². The molecular weight excluding hydrogens is 300 g/mol. The number of nitrogens with zero attached hydrogens (tertiary/aromatic N) is 1. The van der Waals surface area contributed by atoms with Gasteiger partial charge >= 0.3 is 0 Å². The average Bonchev–Trinajstić information content (AvgIpc) is 2.50. The van der Waals surface area contributed by atoms with E-state index in [0.29, 0.717) is 30.8 Å². The van der Waals surface area contributed by atoms with Crippen LogP contribution in [0.1, 0.15) is 46.6 Å². The van der Waals surface area contributed by atoms with Crippen LogP contribution in [0.15, 0.2) is 29.3 Å². The molecule has 5 heteroatoms. The number of rotatable bonds is 7. The zero-order chi connectivity index (χ0) is 18.1. The van der Waals surface area contributed by atoms with Crippen LogP contribution < -0.4 is 16.0 Å². The van der Waals surface area contributed by atoms with Gasteiger partial charge in [0.25, 0.3) is 0 Å². The van der Waals surface area contributed by atoms with Gasteiger partial charge in [-0.25, -0.2) is 0 Å². The molecule has 134 valence electrons. The van der Waals surface area contributed by atoms with Crippen molar-refractivity contribution in [3.05, 3.63) is 29.8 Å². The van der Waals surface area contributed by atoms with E-state index in [1.54, 1.807) is 7.05 Å². The number of carbonyl (C=O) groups is 1. The minimum atomic E-state index is 0.0540. The van der Waals surface area contributed by atoms with Crippen LogP contribution in [0.3, 0.4) is 0 Å². The summed E-state index contributed by atoms with van der Waals surface area (Å²) in [5, 5.41) is 9.63. The Bertz CT molecular complexity index is 552. The average molecular weight is 332 g/mol. The highest BCUT2D eigenvalue weighted by Gasteiger charge is 2.09. The third-order valence-electron chi connectivity index (χ3n) is 3.85. The Balaban J connectivity index is 2.59. The van der Waals surface area contributed by atoms with Gasteiger partial charge in [-0.2, -0.15) is 0 Å². The highest BCUT2D eigenvalue weighted by Crippen LogP contribution is 2.12. The molecule has 0 aromatic heterocycles. The molecule has 0 spiro atoms. The van der Waals surface area contributed by atoms with E-state index in [1.165, 1.54) is 0 Å². The fourth-order valence-electron chi connectivity index (χ4n) is 2.10. The lowest BCUT2D eigenvalue weighted by Crippen LogP contribution is -2.43. The van der Waals surface area contributed by atoms with Crippen LogP contribution >= 0.6 is 0 Å². The molecule has 1 unspecified atom stereocenters. The van der Waals surface area contributed by atoms with Crippen LogP contribution in [0.5, 0.6) is 0 Å². The molecule has 5 nitrogen and oxygen atoms in total. The number of amides is 1. The van der Waals surface area contributed by atoms with Crippen molar-refractivity contribution in [2.75, 3.05) is 12.4 Å². The van der Waals surface area contributed by atoms with E-state index in [-0.39, 0.29) is 5.91 Å². The first-order valence-electron chi connectivity index (χ1n) is 8.67. The molecule has 0 saturated carbocycles. The van der Waals surface area contributed by atoms with Crippen molar-refractivity contribution in [2.45, 2.75) is 53.6 Å². The second-order valence-electron chi connectivity index (χ2n) is 6.95. The van der Waals surface area contributed by atoms with Crippen LogP contribution in [-0.2, 0) is 11.3 Å². The molecule has 1 aromatic carbocycles. The zero-order valence-corrected chi connectivity index (χ0v) is 15.8. The summed E-state index contributed by atoms with van der Waals surface area (Å²) in [6.07, 6.45) is 0.534. The molecule has 1 amide bonds. The first-order valence-corrected chi connectivity index (χ1v) is 8.67. The topological polar surface area (TPSA) is 65.5 Å². The Kier molecular flexibility index (Phi) is 8.30. The van der Waals surface area contributed by atoms with Gasteiger partial charge in [0, 0.05) is 31.7 Å². The highest BCUT2D eigenvalue weighted by atomic mass is 16.1. The molecule has 24 heavy (non-hydrogen) atoms. The summed E-state index contributed by atoms with van der Waals surface area (Å²) < 4.78 is 0. The van der Waals surface area contributed by atoms with Crippen LogP contribution in [0, 0.1) is 11.8 Å². The van der Waals surface area contributed by atoms with Crippen molar-refractivity contribution >= 4 is 17.6 Å². The Morgan fingerprint density at radius 3 is 2.46 bits per heavy atom. The number of carbonyl (C=O) groups excluding carboxylic acids is 1. The maximum Gasteiger partial charge on any atom is 0.224 e. The van der Waals surface area contributed by atoms with Crippen LogP contribution in [0.4, 0.5) is 5.69 Å². The Labute approximate surface area is 146 Å². The van der Waals surface area contributed by atoms with Crippen molar-refractivity contribution in [1.29, 1.82) is 0 Å². The van der Waals surface area contributed by atoms with Crippen molar-refractivity contribution in [3.8, 4) is 0 Å². The lowest BCUT2D eigenvalue weighted by Gasteiger charge is -2.20. The van der Waals surface area contributed by atoms with Gasteiger partial charge in [-0.15, -0.1) is 0 Å². The minimum absolute atomic E-state index is 0.0540. The van der Waals surface area contributed by atoms with Crippen molar-refractivity contribution in [2.24, 2.45) is 16.8 Å². The number of hydrogen-bond donors (Lipinski definition) is 3. The summed E-state index contributed by atoms with van der Waals surface area (Å²) in [5.41, 5.74) is 1.93. The standard InChI is InChI=1S/C19H32N4O/c1-13(2)10-18(24)23-17-9-7-8-16(11-17)12-21-19(20-6)22-15(5)14(3)4/h7-9,11,13-15H,10,12H2,1-6H3,(H,23,24)(H2,20,21,22). The molecule has 0 saturated heterocycles. The number of aliphatic imine (C=N–C) groups is 1. The predicted molar refractivity (Wildman–Crippen MR) is 102 cm³/mol. The molecule has 0 fully saturated rings. The summed E-state index contributed by atoms with van der Waals surface area (Å²) in [7, 11) is 1.77. The fourth-order valence-corrected chi connectivity index (χ4v) is 2.10. The van der Waals surface area contributed by atoms with Crippen molar-refractivity contribution in [1.82, 2.24) is 10.6 Å². The smallest absolute Gasteiger partial charge is 0.224 e. The first-order chi connectivity index (χ1) is 11.3. The Hall–Kier alpha value is -2.04. The third kappa shape index (κ3) is 7.49. The van der Waals surface area contributed by atoms with E-state index in [4.69, 9.17) is 0 Å². The summed E-state index contributed by atoms with van der Waals surface area (Å²) >= 11 is 0. The molecule has 0 bridgehead atoms. The predicted octanol–water partition coefficient (Wildman–Crippen LogP) is 3.38. The van der Waals surface area contributed by atoms with E-state index >= 15 is 0 Å². The SMILES string of the molecule is CN=C(NCc1cccc(NC(=O)CC(C)C)c1)NC(C)C(C)C. The number of guanidine groups is 1. The largest absolute Gasteiger partial charge is 0.354 e. The lowest BCUT2D eigenvalue weighted by molar-refractivity contribution is -0.116. The first kappa shape index (κ1) is 20.0. The van der Waals surface area contributed by atoms with E-state index < -0.39 is 0 Å². The summed E-state index contributed by atoms with van der Waals surface area (Å²) in [4.78, 5) is 16.1. The molecule has 1 atom stereocenters. The highest BCUT2D eigenvalue weighted by molar-refractivity contribution is 5.90. The van der Waals surface area contributed by atoms with Gasteiger partial charge in [0.2, 0.25) is 5.91 Å². The van der Waals surface area contributed by atoms with Crippen molar-refractivity contribution < 1.29 is 4.79 Å². The molecule has 0 aliphatic heterocycles. The Morgan fingerprint density at radius 2 is 1.88 bits per heavy atom. The number of hydrogen-bond acceptors (Lipinski definition) is 2. The number of anilines is 1. The summed E-state index contributed by atoms with van der Waals surface area (Å²) in [5.74, 6) is 1.72. The van der Waals surface area contributed by atoms with E-state index in [2.05, 4.69) is 41.7 Å². The van der Waals surface area contributed by atoms with Gasteiger partial charge in [0.15, 0.2) is 5.96 Å². The van der Waals surface area contributed by atoms with Gasteiger partial charge in [-0.1, -0.05) is 39.8 Å². The number of nitrogens with one attached hydrogen (secondary N) is 3. The van der Waals surface area contributed by atoms with Gasteiger partial charge in [-0.05, 0) is 36.5 Å². The van der Waals surface area contributed by atoms with Crippen LogP contribution in [0.25, 0.3) is 0 Å². The van der Waals surface area contributed by atoms with Crippen LogP contribution in [0.2, 0.25) is 0 Å².